The lowest BCUT2D eigenvalue weighted by atomic mass is 10.1. The van der Waals surface area contributed by atoms with Crippen LogP contribution in [-0.2, 0) is 30.6 Å². The third-order valence-corrected chi connectivity index (χ3v) is 5.60. The summed E-state index contributed by atoms with van der Waals surface area (Å²) in [5.41, 5.74) is 6.62. The van der Waals surface area contributed by atoms with E-state index in [2.05, 4.69) is 51.8 Å². The number of rotatable bonds is 8. The van der Waals surface area contributed by atoms with Gasteiger partial charge in [0.25, 0.3) is 5.91 Å². The van der Waals surface area contributed by atoms with Crippen LogP contribution in [0.25, 0.3) is 11.0 Å². The number of nitrogens with one attached hydrogen (secondary N) is 3. The van der Waals surface area contributed by atoms with Gasteiger partial charge in [0.05, 0.1) is 11.0 Å². The predicted octanol–water partition coefficient (Wildman–Crippen LogP) is 4.80. The summed E-state index contributed by atoms with van der Waals surface area (Å²) in [5.74, 6) is 0.695. The fraction of sp³-hybridized carbons (Fsp3) is 0.222. The van der Waals surface area contributed by atoms with Crippen LogP contribution in [0.2, 0.25) is 0 Å². The second-order valence-electron chi connectivity index (χ2n) is 8.15. The van der Waals surface area contributed by atoms with Crippen molar-refractivity contribution in [2.24, 2.45) is 0 Å². The summed E-state index contributed by atoms with van der Waals surface area (Å²) in [6, 6.07) is 21.6. The molecule has 6 nitrogen and oxygen atoms in total. The fourth-order valence-electron chi connectivity index (χ4n) is 3.72. The van der Waals surface area contributed by atoms with Crippen LogP contribution in [0.4, 0.5) is 5.69 Å². The first-order chi connectivity index (χ1) is 16.0. The topological polar surface area (TPSA) is 86.9 Å². The molecule has 2 amide bonds. The Hall–Kier alpha value is -3.93. The first kappa shape index (κ1) is 22.3. The largest absolute Gasteiger partial charge is 0.348 e. The Kier molecular flexibility index (Phi) is 6.83. The number of fused-ring (bicyclic) bond motifs is 1. The molecule has 0 aliphatic rings. The zero-order valence-electron chi connectivity index (χ0n) is 18.9. The minimum Gasteiger partial charge on any atom is -0.348 e. The lowest BCUT2D eigenvalue weighted by Gasteiger charge is -2.06. The number of carbonyl (C=O) groups excluding carboxylic acids is 2. The molecule has 6 heteroatoms. The van der Waals surface area contributed by atoms with Crippen LogP contribution in [0.15, 0.2) is 66.7 Å². The van der Waals surface area contributed by atoms with Crippen LogP contribution >= 0.6 is 0 Å². The molecule has 4 aromatic rings. The smallest absolute Gasteiger partial charge is 0.251 e. The monoisotopic (exact) mass is 440 g/mol. The highest BCUT2D eigenvalue weighted by Gasteiger charge is 2.10. The minimum atomic E-state index is -0.105. The van der Waals surface area contributed by atoms with Gasteiger partial charge in [0.15, 0.2) is 0 Å². The van der Waals surface area contributed by atoms with Crippen LogP contribution in [-0.4, -0.2) is 21.8 Å². The van der Waals surface area contributed by atoms with E-state index in [9.17, 15) is 9.59 Å². The Morgan fingerprint density at radius 2 is 1.58 bits per heavy atom. The third-order valence-electron chi connectivity index (χ3n) is 5.60. The second kappa shape index (κ2) is 10.1. The molecular weight excluding hydrogens is 412 g/mol. The number of anilines is 1. The summed E-state index contributed by atoms with van der Waals surface area (Å²) in [4.78, 5) is 31.7. The first-order valence-corrected chi connectivity index (χ1v) is 11.2. The SMILES string of the molecule is CCc1ccc(CNC(=O)c2ccc3nc(CCc4ccc(NC(C)=O)cc4)[nH]c3c2)cc1. The number of amides is 2. The Balaban J connectivity index is 1.36. The third kappa shape index (κ3) is 5.86. The molecule has 1 heterocycles. The Morgan fingerprint density at radius 3 is 2.27 bits per heavy atom. The quantitative estimate of drug-likeness (QED) is 0.368. The van der Waals surface area contributed by atoms with Gasteiger partial charge in [0, 0.05) is 31.1 Å². The zero-order valence-corrected chi connectivity index (χ0v) is 18.9. The van der Waals surface area contributed by atoms with Crippen LogP contribution in [0.3, 0.4) is 0 Å². The number of nitrogens with zero attached hydrogens (tertiary/aromatic N) is 1. The summed E-state index contributed by atoms with van der Waals surface area (Å²) in [7, 11) is 0. The highest BCUT2D eigenvalue weighted by atomic mass is 16.2. The number of aromatic nitrogens is 2. The van der Waals surface area contributed by atoms with Crippen molar-refractivity contribution in [3.63, 3.8) is 0 Å². The average Bonchev–Trinajstić information content (AvgIpc) is 3.24. The van der Waals surface area contributed by atoms with Crippen LogP contribution in [0, 0.1) is 0 Å². The van der Waals surface area contributed by atoms with Gasteiger partial charge in [-0.3, -0.25) is 9.59 Å². The first-order valence-electron chi connectivity index (χ1n) is 11.2. The molecule has 1 aromatic heterocycles. The molecule has 0 unspecified atom stereocenters. The van der Waals surface area contributed by atoms with E-state index in [0.717, 1.165) is 52.9 Å². The molecule has 3 aromatic carbocycles. The van der Waals surface area contributed by atoms with E-state index < -0.39 is 0 Å². The van der Waals surface area contributed by atoms with E-state index in [1.54, 1.807) is 0 Å². The highest BCUT2D eigenvalue weighted by Crippen LogP contribution is 2.16. The van der Waals surface area contributed by atoms with E-state index in [0.29, 0.717) is 12.1 Å². The van der Waals surface area contributed by atoms with E-state index in [1.165, 1.54) is 12.5 Å². The Morgan fingerprint density at radius 1 is 0.879 bits per heavy atom. The molecule has 168 valence electrons. The molecule has 0 radical (unpaired) electrons. The number of hydrogen-bond donors (Lipinski definition) is 3. The minimum absolute atomic E-state index is 0.0799. The molecule has 33 heavy (non-hydrogen) atoms. The maximum atomic E-state index is 12.6. The van der Waals surface area contributed by atoms with E-state index >= 15 is 0 Å². The number of imidazole rings is 1. The lowest BCUT2D eigenvalue weighted by Crippen LogP contribution is -2.22. The van der Waals surface area contributed by atoms with Crippen molar-refractivity contribution in [3.8, 4) is 0 Å². The van der Waals surface area contributed by atoms with E-state index in [-0.39, 0.29) is 11.8 Å². The fourth-order valence-corrected chi connectivity index (χ4v) is 3.72. The van der Waals surface area contributed by atoms with Gasteiger partial charge in [-0.1, -0.05) is 43.3 Å². The number of carbonyl (C=O) groups is 2. The number of H-pyrrole nitrogens is 1. The molecule has 0 spiro atoms. The van der Waals surface area contributed by atoms with Crippen LogP contribution in [0.1, 0.15) is 46.7 Å². The molecule has 0 aliphatic carbocycles. The maximum Gasteiger partial charge on any atom is 0.251 e. The molecule has 0 fully saturated rings. The summed E-state index contributed by atoms with van der Waals surface area (Å²) < 4.78 is 0. The zero-order chi connectivity index (χ0) is 23.2. The predicted molar refractivity (Wildman–Crippen MR) is 131 cm³/mol. The number of benzene rings is 3. The summed E-state index contributed by atoms with van der Waals surface area (Å²) in [6.45, 7) is 4.12. The van der Waals surface area contributed by atoms with E-state index in [1.807, 2.05) is 42.5 Å². The Labute approximate surface area is 193 Å². The molecule has 0 atom stereocenters. The summed E-state index contributed by atoms with van der Waals surface area (Å²) >= 11 is 0. The number of aryl methyl sites for hydroxylation is 3. The maximum absolute atomic E-state index is 12.6. The van der Waals surface area contributed by atoms with Gasteiger partial charge in [-0.05, 0) is 59.9 Å². The van der Waals surface area contributed by atoms with E-state index in [4.69, 9.17) is 0 Å². The van der Waals surface area contributed by atoms with Crippen LogP contribution in [0.5, 0.6) is 0 Å². The van der Waals surface area contributed by atoms with Crippen molar-refractivity contribution in [2.75, 3.05) is 5.32 Å². The Bertz CT molecular complexity index is 1260. The van der Waals surface area contributed by atoms with Gasteiger partial charge in [0.2, 0.25) is 5.91 Å². The van der Waals surface area contributed by atoms with Gasteiger partial charge in [-0.25, -0.2) is 4.98 Å². The highest BCUT2D eigenvalue weighted by molar-refractivity contribution is 5.97. The van der Waals surface area contributed by atoms with Crippen molar-refractivity contribution in [2.45, 2.75) is 39.7 Å². The van der Waals surface area contributed by atoms with Gasteiger partial charge >= 0.3 is 0 Å². The normalized spacial score (nSPS) is 10.8. The van der Waals surface area contributed by atoms with Crippen molar-refractivity contribution in [1.29, 1.82) is 0 Å². The molecule has 4 rings (SSSR count). The van der Waals surface area contributed by atoms with Crippen molar-refractivity contribution in [3.05, 3.63) is 94.8 Å². The average molecular weight is 441 g/mol. The van der Waals surface area contributed by atoms with Crippen molar-refractivity contribution in [1.82, 2.24) is 15.3 Å². The standard InChI is InChI=1S/C27H28N4O2/c1-3-19-4-6-21(7-5-19)17-28-27(33)22-11-14-24-25(16-22)31-26(30-24)15-10-20-8-12-23(13-9-20)29-18(2)32/h4-9,11-14,16H,3,10,15,17H2,1-2H3,(H,28,33)(H,29,32)(H,30,31). The van der Waals surface area contributed by atoms with Gasteiger partial charge < -0.3 is 15.6 Å². The molecule has 0 bridgehead atoms. The second-order valence-corrected chi connectivity index (χ2v) is 8.15. The molecule has 0 aliphatic heterocycles. The molecule has 0 saturated carbocycles. The van der Waals surface area contributed by atoms with Crippen molar-refractivity contribution < 1.29 is 9.59 Å². The summed E-state index contributed by atoms with van der Waals surface area (Å²) in [6.07, 6.45) is 2.58. The van der Waals surface area contributed by atoms with Gasteiger partial charge in [-0.15, -0.1) is 0 Å². The lowest BCUT2D eigenvalue weighted by molar-refractivity contribution is -0.114. The van der Waals surface area contributed by atoms with Gasteiger partial charge in [-0.2, -0.15) is 0 Å². The number of hydrogen-bond acceptors (Lipinski definition) is 3. The van der Waals surface area contributed by atoms with Crippen LogP contribution < -0.4 is 10.6 Å². The molecule has 0 saturated heterocycles. The molecular formula is C27H28N4O2. The summed E-state index contributed by atoms with van der Waals surface area (Å²) in [5, 5.41) is 5.76. The number of aromatic amines is 1. The van der Waals surface area contributed by atoms with Crippen molar-refractivity contribution >= 4 is 28.5 Å². The van der Waals surface area contributed by atoms with Gasteiger partial charge in [0.1, 0.15) is 5.82 Å². The molecule has 3 N–H and O–H groups in total.